The third kappa shape index (κ3) is 8.13. The third-order valence-corrected chi connectivity index (χ3v) is 5.91. The Balaban J connectivity index is 0.00000320. The summed E-state index contributed by atoms with van der Waals surface area (Å²) in [5.41, 5.74) is 0. The number of likely N-dealkylation sites (tertiary alicyclic amines) is 1. The van der Waals surface area contributed by atoms with Crippen molar-refractivity contribution in [2.24, 2.45) is 10.9 Å². The van der Waals surface area contributed by atoms with Gasteiger partial charge in [0.15, 0.2) is 5.96 Å². The molecule has 1 saturated heterocycles. The Kier molecular flexibility index (Phi) is 11.7. The van der Waals surface area contributed by atoms with Crippen molar-refractivity contribution in [2.45, 2.75) is 51.0 Å². The fourth-order valence-electron chi connectivity index (χ4n) is 4.17. The first kappa shape index (κ1) is 25.0. The highest BCUT2D eigenvalue weighted by molar-refractivity contribution is 14.0. The van der Waals surface area contributed by atoms with Gasteiger partial charge in [-0.1, -0.05) is 18.9 Å². The standard InChI is InChI=1S/C23H37N3O3.HI/c1-24-23(25-13-6-16-28-22-10-5-9-21(17-22)27-2)26-14-11-20(12-15-26)29-18-19-7-3-4-8-19;/h5,9-10,17,19-20H,3-4,6-8,11-16,18H2,1-2H3,(H,24,25);1H. The van der Waals surface area contributed by atoms with Gasteiger partial charge in [-0.2, -0.15) is 0 Å². The maximum atomic E-state index is 6.19. The molecule has 3 rings (SSSR count). The number of methoxy groups -OCH3 is 1. The van der Waals surface area contributed by atoms with Crippen LogP contribution in [0.4, 0.5) is 0 Å². The Morgan fingerprint density at radius 2 is 1.87 bits per heavy atom. The number of rotatable bonds is 9. The minimum Gasteiger partial charge on any atom is -0.497 e. The molecule has 0 unspecified atom stereocenters. The zero-order valence-corrected chi connectivity index (χ0v) is 20.8. The van der Waals surface area contributed by atoms with Crippen LogP contribution in [-0.2, 0) is 4.74 Å². The lowest BCUT2D eigenvalue weighted by Crippen LogP contribution is -2.47. The van der Waals surface area contributed by atoms with Gasteiger partial charge >= 0.3 is 0 Å². The van der Waals surface area contributed by atoms with E-state index in [1.807, 2.05) is 31.3 Å². The second kappa shape index (κ2) is 14.0. The number of aliphatic imine (C=N–C) groups is 1. The molecule has 0 atom stereocenters. The SMILES string of the molecule is CN=C(NCCCOc1cccc(OC)c1)N1CCC(OCC2CCCC2)CC1.I. The molecule has 7 heteroatoms. The average Bonchev–Trinajstić information content (AvgIpc) is 3.29. The molecule has 1 aromatic rings. The van der Waals surface area contributed by atoms with Crippen LogP contribution in [0, 0.1) is 5.92 Å². The smallest absolute Gasteiger partial charge is 0.193 e. The molecule has 1 heterocycles. The van der Waals surface area contributed by atoms with Crippen molar-refractivity contribution in [2.75, 3.05) is 47.0 Å². The zero-order chi connectivity index (χ0) is 20.3. The molecule has 1 aliphatic heterocycles. The van der Waals surface area contributed by atoms with Gasteiger partial charge in [-0.3, -0.25) is 4.99 Å². The maximum absolute atomic E-state index is 6.19. The summed E-state index contributed by atoms with van der Waals surface area (Å²) in [4.78, 5) is 6.80. The molecule has 2 fully saturated rings. The van der Waals surface area contributed by atoms with Crippen LogP contribution in [0.15, 0.2) is 29.3 Å². The van der Waals surface area contributed by atoms with Crippen molar-refractivity contribution in [1.29, 1.82) is 0 Å². The normalized spacial score (nSPS) is 18.2. The van der Waals surface area contributed by atoms with Gasteiger partial charge in [-0.05, 0) is 50.2 Å². The van der Waals surface area contributed by atoms with E-state index < -0.39 is 0 Å². The highest BCUT2D eigenvalue weighted by Gasteiger charge is 2.23. The lowest BCUT2D eigenvalue weighted by molar-refractivity contribution is 0.00102. The number of ether oxygens (including phenoxy) is 3. The highest BCUT2D eigenvalue weighted by atomic mass is 127. The molecule has 0 radical (unpaired) electrons. The molecule has 0 amide bonds. The highest BCUT2D eigenvalue weighted by Crippen LogP contribution is 2.26. The summed E-state index contributed by atoms with van der Waals surface area (Å²) in [5, 5.41) is 3.47. The topological polar surface area (TPSA) is 55.3 Å². The monoisotopic (exact) mass is 531 g/mol. The van der Waals surface area contributed by atoms with Gasteiger partial charge in [0.05, 0.1) is 19.8 Å². The number of nitrogens with zero attached hydrogens (tertiary/aromatic N) is 2. The van der Waals surface area contributed by atoms with Crippen molar-refractivity contribution in [1.82, 2.24) is 10.2 Å². The van der Waals surface area contributed by atoms with Crippen LogP contribution in [0.5, 0.6) is 11.5 Å². The van der Waals surface area contributed by atoms with E-state index in [1.165, 1.54) is 25.7 Å². The molecule has 6 nitrogen and oxygen atoms in total. The van der Waals surface area contributed by atoms with Crippen LogP contribution >= 0.6 is 24.0 Å². The minimum absolute atomic E-state index is 0. The molecule has 1 saturated carbocycles. The van der Waals surface area contributed by atoms with Gasteiger partial charge in [-0.25, -0.2) is 0 Å². The summed E-state index contributed by atoms with van der Waals surface area (Å²) in [6.45, 7) is 4.48. The fraction of sp³-hybridized carbons (Fsp3) is 0.696. The quantitative estimate of drug-likeness (QED) is 0.223. The number of piperidine rings is 1. The van der Waals surface area contributed by atoms with Crippen molar-refractivity contribution in [3.8, 4) is 11.5 Å². The van der Waals surface area contributed by atoms with E-state index in [2.05, 4.69) is 15.2 Å². The summed E-state index contributed by atoms with van der Waals surface area (Å²) in [5.74, 6) is 3.45. The molecular formula is C23H38IN3O3. The Morgan fingerprint density at radius 3 is 2.57 bits per heavy atom. The van der Waals surface area contributed by atoms with Crippen LogP contribution in [-0.4, -0.2) is 64.0 Å². The van der Waals surface area contributed by atoms with Crippen LogP contribution in [0.2, 0.25) is 0 Å². The fourth-order valence-corrected chi connectivity index (χ4v) is 4.17. The minimum atomic E-state index is 0. The predicted molar refractivity (Wildman–Crippen MR) is 132 cm³/mol. The summed E-state index contributed by atoms with van der Waals surface area (Å²) in [7, 11) is 3.52. The van der Waals surface area contributed by atoms with Crippen molar-refractivity contribution < 1.29 is 14.2 Å². The van der Waals surface area contributed by atoms with Crippen LogP contribution in [0.3, 0.4) is 0 Å². The van der Waals surface area contributed by atoms with Crippen molar-refractivity contribution in [3.63, 3.8) is 0 Å². The number of nitrogens with one attached hydrogen (secondary N) is 1. The molecule has 0 bridgehead atoms. The summed E-state index contributed by atoms with van der Waals surface area (Å²) in [6, 6.07) is 7.72. The van der Waals surface area contributed by atoms with E-state index in [0.717, 1.165) is 68.9 Å². The second-order valence-electron chi connectivity index (χ2n) is 8.03. The Hall–Kier alpha value is -1.22. The van der Waals surface area contributed by atoms with E-state index >= 15 is 0 Å². The van der Waals surface area contributed by atoms with E-state index in [0.29, 0.717) is 12.7 Å². The summed E-state index contributed by atoms with van der Waals surface area (Å²) >= 11 is 0. The molecule has 170 valence electrons. The molecule has 2 aliphatic rings. The van der Waals surface area contributed by atoms with Gasteiger partial charge in [0.25, 0.3) is 0 Å². The Morgan fingerprint density at radius 1 is 1.13 bits per heavy atom. The van der Waals surface area contributed by atoms with E-state index in [9.17, 15) is 0 Å². The first-order valence-electron chi connectivity index (χ1n) is 11.1. The molecular weight excluding hydrogens is 493 g/mol. The zero-order valence-electron chi connectivity index (χ0n) is 18.5. The van der Waals surface area contributed by atoms with Gasteiger partial charge < -0.3 is 24.4 Å². The lowest BCUT2D eigenvalue weighted by Gasteiger charge is -2.34. The van der Waals surface area contributed by atoms with E-state index in [-0.39, 0.29) is 24.0 Å². The summed E-state index contributed by atoms with van der Waals surface area (Å²) < 4.78 is 17.2. The Labute approximate surface area is 198 Å². The van der Waals surface area contributed by atoms with Gasteiger partial charge in [0.1, 0.15) is 11.5 Å². The first-order chi connectivity index (χ1) is 14.3. The van der Waals surface area contributed by atoms with Gasteiger partial charge in [0.2, 0.25) is 0 Å². The number of hydrogen-bond donors (Lipinski definition) is 1. The number of benzene rings is 1. The second-order valence-corrected chi connectivity index (χ2v) is 8.03. The molecule has 0 aromatic heterocycles. The van der Waals surface area contributed by atoms with Crippen LogP contribution < -0.4 is 14.8 Å². The molecule has 1 N–H and O–H groups in total. The number of guanidine groups is 1. The average molecular weight is 531 g/mol. The Bertz CT molecular complexity index is 630. The molecule has 30 heavy (non-hydrogen) atoms. The van der Waals surface area contributed by atoms with Crippen LogP contribution in [0.1, 0.15) is 44.9 Å². The van der Waals surface area contributed by atoms with Crippen LogP contribution in [0.25, 0.3) is 0 Å². The van der Waals surface area contributed by atoms with E-state index in [1.54, 1.807) is 7.11 Å². The number of hydrogen-bond acceptors (Lipinski definition) is 4. The lowest BCUT2D eigenvalue weighted by atomic mass is 10.1. The van der Waals surface area contributed by atoms with E-state index in [4.69, 9.17) is 14.2 Å². The maximum Gasteiger partial charge on any atom is 0.193 e. The molecule has 1 aliphatic carbocycles. The largest absolute Gasteiger partial charge is 0.497 e. The number of halogens is 1. The first-order valence-corrected chi connectivity index (χ1v) is 11.1. The predicted octanol–water partition coefficient (Wildman–Crippen LogP) is 4.33. The third-order valence-electron chi connectivity index (χ3n) is 5.91. The molecule has 0 spiro atoms. The van der Waals surface area contributed by atoms with Crippen molar-refractivity contribution in [3.05, 3.63) is 24.3 Å². The van der Waals surface area contributed by atoms with Crippen molar-refractivity contribution >= 4 is 29.9 Å². The molecule has 1 aromatic carbocycles. The van der Waals surface area contributed by atoms with Gasteiger partial charge in [0, 0.05) is 39.4 Å². The summed E-state index contributed by atoms with van der Waals surface area (Å²) in [6.07, 6.45) is 9.00. The van der Waals surface area contributed by atoms with Gasteiger partial charge in [-0.15, -0.1) is 24.0 Å².